The predicted octanol–water partition coefficient (Wildman–Crippen LogP) is 5.57. The largest absolute Gasteiger partial charge is 0.457 e. The Hall–Kier alpha value is -2.90. The highest BCUT2D eigenvalue weighted by Crippen LogP contribution is 2.34. The molecule has 0 radical (unpaired) electrons. The molecule has 31 heavy (non-hydrogen) atoms. The molecule has 3 rings (SSSR count). The Morgan fingerprint density at radius 3 is 2.45 bits per heavy atom. The number of alkyl halides is 3. The number of carbonyl (C=O) groups is 1. The Labute approximate surface area is 178 Å². The smallest absolute Gasteiger partial charge is 0.416 e. The first-order chi connectivity index (χ1) is 14.7. The summed E-state index contributed by atoms with van der Waals surface area (Å²) >= 11 is 0. The minimum absolute atomic E-state index is 0.0352. The highest BCUT2D eigenvalue weighted by atomic mass is 19.4. The molecule has 3 aromatic carbocycles. The van der Waals surface area contributed by atoms with Gasteiger partial charge in [0.25, 0.3) is 0 Å². The number of aliphatic hydroxyl groups is 1. The second-order valence-corrected chi connectivity index (χ2v) is 7.56. The van der Waals surface area contributed by atoms with Gasteiger partial charge in [-0.05, 0) is 60.2 Å². The SMILES string of the molecule is C[C@@H](CCC(=O)c1ccc2c(Oc3ccc(C(F)(F)F)cc3)cccc2c1)[C@H](O)CN. The van der Waals surface area contributed by atoms with Gasteiger partial charge in [0.2, 0.25) is 0 Å². The summed E-state index contributed by atoms with van der Waals surface area (Å²) in [5.41, 5.74) is 5.26. The van der Waals surface area contributed by atoms with Crippen LogP contribution in [-0.2, 0) is 6.18 Å². The van der Waals surface area contributed by atoms with Gasteiger partial charge in [-0.15, -0.1) is 0 Å². The first-order valence-corrected chi connectivity index (χ1v) is 9.98. The molecule has 0 spiro atoms. The number of Topliss-reactive ketones (excluding diaryl/α,β-unsaturated/α-hetero) is 1. The van der Waals surface area contributed by atoms with Crippen LogP contribution in [0.25, 0.3) is 10.8 Å². The molecule has 0 aliphatic carbocycles. The van der Waals surface area contributed by atoms with E-state index >= 15 is 0 Å². The minimum Gasteiger partial charge on any atom is -0.457 e. The van der Waals surface area contributed by atoms with E-state index in [-0.39, 0.29) is 24.0 Å². The van der Waals surface area contributed by atoms with E-state index in [0.29, 0.717) is 24.2 Å². The van der Waals surface area contributed by atoms with Crippen LogP contribution in [-0.4, -0.2) is 23.5 Å². The summed E-state index contributed by atoms with van der Waals surface area (Å²) in [5, 5.41) is 11.3. The molecule has 164 valence electrons. The molecular formula is C24H24F3NO3. The molecule has 0 aliphatic rings. The van der Waals surface area contributed by atoms with Crippen molar-refractivity contribution in [3.8, 4) is 11.5 Å². The van der Waals surface area contributed by atoms with Gasteiger partial charge in [-0.1, -0.05) is 25.1 Å². The molecule has 0 amide bonds. The summed E-state index contributed by atoms with van der Waals surface area (Å²) in [7, 11) is 0. The molecular weight excluding hydrogens is 407 g/mol. The molecule has 3 N–H and O–H groups in total. The molecule has 0 heterocycles. The third-order valence-corrected chi connectivity index (χ3v) is 5.30. The van der Waals surface area contributed by atoms with Crippen molar-refractivity contribution < 1.29 is 27.8 Å². The fraction of sp³-hybridized carbons (Fsp3) is 0.292. The van der Waals surface area contributed by atoms with Crippen molar-refractivity contribution in [1.82, 2.24) is 0 Å². The Morgan fingerprint density at radius 2 is 1.81 bits per heavy atom. The van der Waals surface area contributed by atoms with Crippen LogP contribution in [0.15, 0.2) is 60.7 Å². The van der Waals surface area contributed by atoms with E-state index in [1.54, 1.807) is 30.3 Å². The molecule has 0 fully saturated rings. The van der Waals surface area contributed by atoms with Crippen molar-refractivity contribution >= 4 is 16.6 Å². The van der Waals surface area contributed by atoms with Gasteiger partial charge in [0.05, 0.1) is 11.7 Å². The molecule has 4 nitrogen and oxygen atoms in total. The van der Waals surface area contributed by atoms with Gasteiger partial charge < -0.3 is 15.6 Å². The van der Waals surface area contributed by atoms with Crippen LogP contribution in [0.1, 0.15) is 35.7 Å². The number of benzene rings is 3. The lowest BCUT2D eigenvalue weighted by molar-refractivity contribution is -0.137. The Bertz CT molecular complexity index is 1050. The zero-order chi connectivity index (χ0) is 22.6. The van der Waals surface area contributed by atoms with Crippen LogP contribution >= 0.6 is 0 Å². The molecule has 0 unspecified atom stereocenters. The summed E-state index contributed by atoms with van der Waals surface area (Å²) in [5.74, 6) is 0.661. The van der Waals surface area contributed by atoms with Gasteiger partial charge in [0.1, 0.15) is 11.5 Å². The summed E-state index contributed by atoms with van der Waals surface area (Å²) in [6.45, 7) is 2.02. The Kier molecular flexibility index (Phi) is 6.97. The van der Waals surface area contributed by atoms with Crippen molar-refractivity contribution in [2.75, 3.05) is 6.54 Å². The number of carbonyl (C=O) groups excluding carboxylic acids is 1. The van der Waals surface area contributed by atoms with E-state index in [9.17, 15) is 23.1 Å². The van der Waals surface area contributed by atoms with Crippen molar-refractivity contribution in [3.63, 3.8) is 0 Å². The first-order valence-electron chi connectivity index (χ1n) is 9.98. The van der Waals surface area contributed by atoms with Gasteiger partial charge in [-0.2, -0.15) is 13.2 Å². The van der Waals surface area contributed by atoms with Gasteiger partial charge in [0.15, 0.2) is 5.78 Å². The maximum absolute atomic E-state index is 12.7. The van der Waals surface area contributed by atoms with Crippen LogP contribution in [0.4, 0.5) is 13.2 Å². The van der Waals surface area contributed by atoms with E-state index in [1.807, 2.05) is 13.0 Å². The van der Waals surface area contributed by atoms with Crippen LogP contribution < -0.4 is 10.5 Å². The molecule has 0 aliphatic heterocycles. The number of fused-ring (bicyclic) bond motifs is 1. The summed E-state index contributed by atoms with van der Waals surface area (Å²) in [6.07, 6.45) is -4.20. The fourth-order valence-electron chi connectivity index (χ4n) is 3.28. The average molecular weight is 431 g/mol. The zero-order valence-corrected chi connectivity index (χ0v) is 17.0. The molecule has 0 saturated heterocycles. The second-order valence-electron chi connectivity index (χ2n) is 7.56. The maximum Gasteiger partial charge on any atom is 0.416 e. The molecule has 0 saturated carbocycles. The topological polar surface area (TPSA) is 72.5 Å². The molecule has 0 aromatic heterocycles. The molecule has 3 aromatic rings. The van der Waals surface area contributed by atoms with Gasteiger partial charge in [0, 0.05) is 23.9 Å². The number of aliphatic hydroxyl groups excluding tert-OH is 1. The third-order valence-electron chi connectivity index (χ3n) is 5.30. The number of hydrogen-bond acceptors (Lipinski definition) is 4. The fourth-order valence-corrected chi connectivity index (χ4v) is 3.28. The lowest BCUT2D eigenvalue weighted by Crippen LogP contribution is -2.27. The highest BCUT2D eigenvalue weighted by molar-refractivity contribution is 6.01. The number of nitrogens with two attached hydrogens (primary N) is 1. The quantitative estimate of drug-likeness (QED) is 0.458. The van der Waals surface area contributed by atoms with Crippen LogP contribution in [0.3, 0.4) is 0 Å². The highest BCUT2D eigenvalue weighted by Gasteiger charge is 2.30. The lowest BCUT2D eigenvalue weighted by Gasteiger charge is -2.16. The lowest BCUT2D eigenvalue weighted by atomic mass is 9.95. The summed E-state index contributed by atoms with van der Waals surface area (Å²) < 4.78 is 44.0. The third kappa shape index (κ3) is 5.62. The van der Waals surface area contributed by atoms with Crippen LogP contribution in [0.2, 0.25) is 0 Å². The van der Waals surface area contributed by atoms with E-state index < -0.39 is 17.8 Å². The maximum atomic E-state index is 12.7. The van der Waals surface area contributed by atoms with Gasteiger partial charge >= 0.3 is 6.18 Å². The molecule has 0 bridgehead atoms. The zero-order valence-electron chi connectivity index (χ0n) is 17.0. The normalized spacial score (nSPS) is 13.7. The summed E-state index contributed by atoms with van der Waals surface area (Å²) in [6, 6.07) is 15.0. The van der Waals surface area contributed by atoms with Crippen molar-refractivity contribution in [2.45, 2.75) is 32.0 Å². The van der Waals surface area contributed by atoms with Gasteiger partial charge in [-0.25, -0.2) is 0 Å². The summed E-state index contributed by atoms with van der Waals surface area (Å²) in [4.78, 5) is 12.6. The van der Waals surface area contributed by atoms with E-state index in [0.717, 1.165) is 22.9 Å². The van der Waals surface area contributed by atoms with E-state index in [2.05, 4.69) is 0 Å². The van der Waals surface area contributed by atoms with Crippen molar-refractivity contribution in [3.05, 3.63) is 71.8 Å². The number of hydrogen-bond donors (Lipinski definition) is 2. The second kappa shape index (κ2) is 9.49. The van der Waals surface area contributed by atoms with E-state index in [1.165, 1.54) is 12.1 Å². The standard InChI is InChI=1S/C24H24F3NO3/c1-15(22(30)14-28)5-12-21(29)17-6-11-20-16(13-17)3-2-4-23(20)31-19-9-7-18(8-10-19)24(25,26)27/h2-4,6-11,13,15,22,30H,5,12,14,28H2,1H3/t15-,22+/m0/s1. The predicted molar refractivity (Wildman–Crippen MR) is 113 cm³/mol. The first kappa shape index (κ1) is 22.8. The number of rotatable bonds is 8. The van der Waals surface area contributed by atoms with Gasteiger partial charge in [-0.3, -0.25) is 4.79 Å². The average Bonchev–Trinajstić information content (AvgIpc) is 2.76. The van der Waals surface area contributed by atoms with Crippen molar-refractivity contribution in [2.24, 2.45) is 11.7 Å². The number of halogens is 3. The Balaban J connectivity index is 1.76. The Morgan fingerprint density at radius 1 is 1.10 bits per heavy atom. The minimum atomic E-state index is -4.40. The van der Waals surface area contributed by atoms with Crippen LogP contribution in [0.5, 0.6) is 11.5 Å². The number of ketones is 1. The number of ether oxygens (including phenoxy) is 1. The molecule has 2 atom stereocenters. The van der Waals surface area contributed by atoms with Crippen molar-refractivity contribution in [1.29, 1.82) is 0 Å². The van der Waals surface area contributed by atoms with Crippen LogP contribution in [0, 0.1) is 5.92 Å². The monoisotopic (exact) mass is 431 g/mol. The molecule has 7 heteroatoms. The van der Waals surface area contributed by atoms with E-state index in [4.69, 9.17) is 10.5 Å².